The Labute approximate surface area is 84.3 Å². The molecule has 0 aromatic rings. The number of carbonyl (C=O) groups is 2. The first-order valence-corrected chi connectivity index (χ1v) is 4.63. The summed E-state index contributed by atoms with van der Waals surface area (Å²) in [6, 6.07) is 0.159. The molecule has 1 rings (SSSR count). The Morgan fingerprint density at radius 2 is 1.71 bits per heavy atom. The Morgan fingerprint density at radius 1 is 1.21 bits per heavy atom. The van der Waals surface area contributed by atoms with Gasteiger partial charge in [-0.15, -0.1) is 0 Å². The fourth-order valence-corrected chi connectivity index (χ4v) is 1.43. The van der Waals surface area contributed by atoms with Crippen LogP contribution in [0.1, 0.15) is 6.92 Å². The number of amides is 3. The Kier molecular flexibility index (Phi) is 2.98. The molecule has 0 aromatic heterocycles. The van der Waals surface area contributed by atoms with Crippen molar-refractivity contribution in [1.82, 2.24) is 14.7 Å². The number of nitrogens with zero attached hydrogens (tertiary/aromatic N) is 3. The van der Waals surface area contributed by atoms with Crippen molar-refractivity contribution >= 4 is 11.9 Å². The minimum absolute atomic E-state index is 0.0156. The summed E-state index contributed by atoms with van der Waals surface area (Å²) in [4.78, 5) is 27.4. The molecule has 0 aromatic carbocycles. The number of likely N-dealkylation sites (N-methyl/N-ethyl adjacent to an activating group) is 1. The summed E-state index contributed by atoms with van der Waals surface area (Å²) in [6.45, 7) is 2.86. The van der Waals surface area contributed by atoms with Gasteiger partial charge in [-0.05, 0) is 0 Å². The van der Waals surface area contributed by atoms with E-state index in [-0.39, 0.29) is 18.0 Å². The zero-order chi connectivity index (χ0) is 10.9. The second-order valence-electron chi connectivity index (χ2n) is 3.87. The number of hydrogen-bond donors (Lipinski definition) is 0. The highest BCUT2D eigenvalue weighted by atomic mass is 16.2. The maximum Gasteiger partial charge on any atom is 0.319 e. The van der Waals surface area contributed by atoms with Crippen LogP contribution in [0.25, 0.3) is 0 Å². The standard InChI is InChI=1S/C9H17N3O2/c1-7(13)12-5-8(6-12)11(4)9(14)10(2)3/h8H,5-6H2,1-4H3. The third kappa shape index (κ3) is 1.97. The highest BCUT2D eigenvalue weighted by Gasteiger charge is 2.34. The molecule has 1 aliphatic rings. The molecule has 5 nitrogen and oxygen atoms in total. The van der Waals surface area contributed by atoms with E-state index in [1.165, 1.54) is 4.90 Å². The van der Waals surface area contributed by atoms with Crippen molar-refractivity contribution in [1.29, 1.82) is 0 Å². The van der Waals surface area contributed by atoms with Crippen LogP contribution in [0.15, 0.2) is 0 Å². The van der Waals surface area contributed by atoms with Crippen LogP contribution >= 0.6 is 0 Å². The first kappa shape index (κ1) is 10.8. The summed E-state index contributed by atoms with van der Waals surface area (Å²) in [5.41, 5.74) is 0. The molecule has 0 saturated carbocycles. The molecule has 0 bridgehead atoms. The highest BCUT2D eigenvalue weighted by Crippen LogP contribution is 2.14. The number of urea groups is 1. The van der Waals surface area contributed by atoms with Crippen LogP contribution in [0, 0.1) is 0 Å². The summed E-state index contributed by atoms with van der Waals surface area (Å²) in [6.07, 6.45) is 0. The molecule has 1 heterocycles. The van der Waals surface area contributed by atoms with E-state index in [4.69, 9.17) is 0 Å². The molecule has 3 amide bonds. The van der Waals surface area contributed by atoms with Crippen LogP contribution in [-0.2, 0) is 4.79 Å². The van der Waals surface area contributed by atoms with Gasteiger partial charge in [0.1, 0.15) is 0 Å². The van der Waals surface area contributed by atoms with E-state index in [1.807, 2.05) is 0 Å². The minimum Gasteiger partial charge on any atom is -0.339 e. The van der Waals surface area contributed by atoms with Gasteiger partial charge in [-0.2, -0.15) is 0 Å². The lowest BCUT2D eigenvalue weighted by molar-refractivity contribution is -0.135. The predicted octanol–water partition coefficient (Wildman–Crippen LogP) is -0.169. The zero-order valence-corrected chi connectivity index (χ0v) is 9.15. The van der Waals surface area contributed by atoms with Gasteiger partial charge in [-0.3, -0.25) is 4.79 Å². The van der Waals surface area contributed by atoms with E-state index in [2.05, 4.69) is 0 Å². The molecule has 1 aliphatic heterocycles. The Hall–Kier alpha value is -1.26. The van der Waals surface area contributed by atoms with E-state index in [0.717, 1.165) is 0 Å². The molecular weight excluding hydrogens is 182 g/mol. The molecule has 0 spiro atoms. The fourth-order valence-electron chi connectivity index (χ4n) is 1.43. The summed E-state index contributed by atoms with van der Waals surface area (Å²) in [7, 11) is 5.21. The van der Waals surface area contributed by atoms with Gasteiger partial charge in [-0.25, -0.2) is 4.79 Å². The lowest BCUT2D eigenvalue weighted by Crippen LogP contribution is -2.62. The van der Waals surface area contributed by atoms with Crippen molar-refractivity contribution in [3.63, 3.8) is 0 Å². The van der Waals surface area contributed by atoms with Gasteiger partial charge in [0, 0.05) is 41.2 Å². The third-order valence-corrected chi connectivity index (χ3v) is 2.54. The van der Waals surface area contributed by atoms with Gasteiger partial charge in [0.25, 0.3) is 0 Å². The molecule has 0 N–H and O–H groups in total. The molecule has 1 fully saturated rings. The first-order chi connectivity index (χ1) is 6.43. The van der Waals surface area contributed by atoms with E-state index >= 15 is 0 Å². The third-order valence-electron chi connectivity index (χ3n) is 2.54. The number of carbonyl (C=O) groups excluding carboxylic acids is 2. The highest BCUT2D eigenvalue weighted by molar-refractivity contribution is 5.76. The normalized spacial score (nSPS) is 16.1. The summed E-state index contributed by atoms with van der Waals surface area (Å²) in [5, 5.41) is 0. The number of likely N-dealkylation sites (tertiary alicyclic amines) is 1. The zero-order valence-electron chi connectivity index (χ0n) is 9.15. The van der Waals surface area contributed by atoms with Crippen molar-refractivity contribution < 1.29 is 9.59 Å². The van der Waals surface area contributed by atoms with Crippen molar-refractivity contribution in [2.45, 2.75) is 13.0 Å². The van der Waals surface area contributed by atoms with E-state index in [9.17, 15) is 9.59 Å². The fraction of sp³-hybridized carbons (Fsp3) is 0.778. The molecule has 5 heteroatoms. The molecular formula is C9H17N3O2. The Morgan fingerprint density at radius 3 is 2.07 bits per heavy atom. The van der Waals surface area contributed by atoms with Crippen LogP contribution in [-0.4, -0.2) is 66.9 Å². The summed E-state index contributed by atoms with van der Waals surface area (Å²) >= 11 is 0. The average Bonchev–Trinajstić information content (AvgIpc) is 1.98. The number of hydrogen-bond acceptors (Lipinski definition) is 2. The van der Waals surface area contributed by atoms with Crippen LogP contribution in [0.2, 0.25) is 0 Å². The monoisotopic (exact) mass is 199 g/mol. The minimum atomic E-state index is -0.0156. The Bertz CT molecular complexity index is 246. The molecule has 0 unspecified atom stereocenters. The van der Waals surface area contributed by atoms with Crippen molar-refractivity contribution in [3.8, 4) is 0 Å². The van der Waals surface area contributed by atoms with Gasteiger partial charge >= 0.3 is 6.03 Å². The van der Waals surface area contributed by atoms with Gasteiger partial charge < -0.3 is 14.7 Å². The van der Waals surface area contributed by atoms with Crippen LogP contribution < -0.4 is 0 Å². The molecule has 0 radical (unpaired) electrons. The van der Waals surface area contributed by atoms with Crippen LogP contribution in [0.3, 0.4) is 0 Å². The van der Waals surface area contributed by atoms with Crippen molar-refractivity contribution in [3.05, 3.63) is 0 Å². The van der Waals surface area contributed by atoms with Gasteiger partial charge in [0.15, 0.2) is 0 Å². The topological polar surface area (TPSA) is 43.9 Å². The SMILES string of the molecule is CC(=O)N1CC(N(C)C(=O)N(C)C)C1. The van der Waals surface area contributed by atoms with Gasteiger partial charge in [-0.1, -0.05) is 0 Å². The smallest absolute Gasteiger partial charge is 0.319 e. The average molecular weight is 199 g/mol. The lowest BCUT2D eigenvalue weighted by Gasteiger charge is -2.44. The first-order valence-electron chi connectivity index (χ1n) is 4.63. The Balaban J connectivity index is 2.40. The summed E-state index contributed by atoms with van der Waals surface area (Å²) < 4.78 is 0. The molecule has 1 saturated heterocycles. The van der Waals surface area contributed by atoms with Crippen LogP contribution in [0.4, 0.5) is 4.79 Å². The van der Waals surface area contributed by atoms with E-state index in [1.54, 1.807) is 37.9 Å². The lowest BCUT2D eigenvalue weighted by atomic mass is 10.1. The van der Waals surface area contributed by atoms with E-state index < -0.39 is 0 Å². The van der Waals surface area contributed by atoms with Crippen molar-refractivity contribution in [2.75, 3.05) is 34.2 Å². The second kappa shape index (κ2) is 3.86. The molecule has 0 atom stereocenters. The molecule has 0 aliphatic carbocycles. The predicted molar refractivity (Wildman–Crippen MR) is 52.9 cm³/mol. The van der Waals surface area contributed by atoms with E-state index in [0.29, 0.717) is 13.1 Å². The molecule has 14 heavy (non-hydrogen) atoms. The van der Waals surface area contributed by atoms with Gasteiger partial charge in [0.2, 0.25) is 5.91 Å². The largest absolute Gasteiger partial charge is 0.339 e. The number of rotatable bonds is 1. The second-order valence-corrected chi connectivity index (χ2v) is 3.87. The van der Waals surface area contributed by atoms with Crippen molar-refractivity contribution in [2.24, 2.45) is 0 Å². The summed E-state index contributed by atoms with van der Waals surface area (Å²) in [5.74, 6) is 0.0759. The van der Waals surface area contributed by atoms with Crippen LogP contribution in [0.5, 0.6) is 0 Å². The molecule has 80 valence electrons. The maximum atomic E-state index is 11.5. The maximum absolute atomic E-state index is 11.5. The quantitative estimate of drug-likeness (QED) is 0.588. The van der Waals surface area contributed by atoms with Gasteiger partial charge in [0.05, 0.1) is 6.04 Å².